The van der Waals surface area contributed by atoms with Gasteiger partial charge in [-0.25, -0.2) is 0 Å². The Morgan fingerprint density at radius 2 is 2.10 bits per heavy atom. The predicted molar refractivity (Wildman–Crippen MR) is 85.5 cm³/mol. The summed E-state index contributed by atoms with van der Waals surface area (Å²) < 4.78 is 7.65. The van der Waals surface area contributed by atoms with Crippen molar-refractivity contribution in [1.29, 1.82) is 0 Å². The van der Waals surface area contributed by atoms with E-state index >= 15 is 0 Å². The third kappa shape index (κ3) is 5.60. The lowest BCUT2D eigenvalue weighted by Gasteiger charge is -2.18. The molecule has 0 aliphatic heterocycles. The SMILES string of the molecule is CCCNC(CCOc1ccccc1)Cc1cnn(C)c1. The first-order valence-electron chi connectivity index (χ1n) is 7.66. The highest BCUT2D eigenvalue weighted by Crippen LogP contribution is 2.10. The fourth-order valence-corrected chi connectivity index (χ4v) is 2.32. The van der Waals surface area contributed by atoms with Crippen LogP contribution in [-0.2, 0) is 13.5 Å². The molecule has 0 saturated heterocycles. The minimum atomic E-state index is 0.429. The zero-order valence-electron chi connectivity index (χ0n) is 13.0. The Balaban J connectivity index is 1.81. The largest absolute Gasteiger partial charge is 0.494 e. The lowest BCUT2D eigenvalue weighted by Crippen LogP contribution is -2.33. The highest BCUT2D eigenvalue weighted by Gasteiger charge is 2.10. The van der Waals surface area contributed by atoms with Gasteiger partial charge in [0.25, 0.3) is 0 Å². The second kappa shape index (κ2) is 8.47. The maximum Gasteiger partial charge on any atom is 0.119 e. The molecule has 0 aliphatic carbocycles. The second-order valence-electron chi connectivity index (χ2n) is 5.33. The molecule has 1 aromatic carbocycles. The van der Waals surface area contributed by atoms with E-state index in [9.17, 15) is 0 Å². The number of rotatable bonds is 9. The first-order chi connectivity index (χ1) is 10.3. The first-order valence-corrected chi connectivity index (χ1v) is 7.66. The number of para-hydroxylation sites is 1. The molecule has 2 aromatic rings. The van der Waals surface area contributed by atoms with Gasteiger partial charge in [-0.3, -0.25) is 4.68 Å². The topological polar surface area (TPSA) is 39.1 Å². The Morgan fingerprint density at radius 1 is 1.29 bits per heavy atom. The quantitative estimate of drug-likeness (QED) is 0.771. The van der Waals surface area contributed by atoms with E-state index in [-0.39, 0.29) is 0 Å². The summed E-state index contributed by atoms with van der Waals surface area (Å²) in [4.78, 5) is 0. The van der Waals surface area contributed by atoms with Gasteiger partial charge in [0.15, 0.2) is 0 Å². The first kappa shape index (κ1) is 15.6. The molecule has 0 aliphatic rings. The van der Waals surface area contributed by atoms with Gasteiger partial charge < -0.3 is 10.1 Å². The van der Waals surface area contributed by atoms with Crippen LogP contribution in [0, 0.1) is 0 Å². The predicted octanol–water partition coefficient (Wildman–Crippen LogP) is 2.80. The van der Waals surface area contributed by atoms with E-state index in [0.717, 1.165) is 38.2 Å². The molecule has 1 N–H and O–H groups in total. The van der Waals surface area contributed by atoms with Gasteiger partial charge in [-0.1, -0.05) is 25.1 Å². The number of nitrogens with zero attached hydrogens (tertiary/aromatic N) is 2. The Labute approximate surface area is 127 Å². The monoisotopic (exact) mass is 287 g/mol. The van der Waals surface area contributed by atoms with E-state index in [1.54, 1.807) is 0 Å². The minimum Gasteiger partial charge on any atom is -0.494 e. The average Bonchev–Trinajstić information content (AvgIpc) is 2.91. The van der Waals surface area contributed by atoms with Gasteiger partial charge in [-0.05, 0) is 43.5 Å². The van der Waals surface area contributed by atoms with Crippen molar-refractivity contribution in [2.24, 2.45) is 7.05 Å². The highest BCUT2D eigenvalue weighted by molar-refractivity contribution is 5.20. The van der Waals surface area contributed by atoms with Crippen LogP contribution in [0.2, 0.25) is 0 Å². The van der Waals surface area contributed by atoms with E-state index in [1.165, 1.54) is 5.56 Å². The van der Waals surface area contributed by atoms with Crippen LogP contribution in [0.5, 0.6) is 5.75 Å². The fraction of sp³-hybridized carbons (Fsp3) is 0.471. The molecule has 1 heterocycles. The average molecular weight is 287 g/mol. The van der Waals surface area contributed by atoms with Crippen LogP contribution in [0.4, 0.5) is 0 Å². The molecule has 0 spiro atoms. The van der Waals surface area contributed by atoms with Crippen LogP contribution in [0.15, 0.2) is 42.7 Å². The maximum atomic E-state index is 5.80. The minimum absolute atomic E-state index is 0.429. The van der Waals surface area contributed by atoms with Crippen molar-refractivity contribution >= 4 is 0 Å². The molecule has 0 amide bonds. The summed E-state index contributed by atoms with van der Waals surface area (Å²) in [5, 5.41) is 7.83. The summed E-state index contributed by atoms with van der Waals surface area (Å²) in [5.41, 5.74) is 1.27. The number of benzene rings is 1. The number of hydrogen-bond donors (Lipinski definition) is 1. The van der Waals surface area contributed by atoms with E-state index in [1.807, 2.05) is 48.3 Å². The number of nitrogens with one attached hydrogen (secondary N) is 1. The van der Waals surface area contributed by atoms with Crippen molar-refractivity contribution < 1.29 is 4.74 Å². The molecule has 1 atom stereocenters. The van der Waals surface area contributed by atoms with Crippen molar-refractivity contribution in [2.75, 3.05) is 13.2 Å². The normalized spacial score (nSPS) is 12.3. The smallest absolute Gasteiger partial charge is 0.119 e. The zero-order chi connectivity index (χ0) is 14.9. The lowest BCUT2D eigenvalue weighted by atomic mass is 10.1. The molecule has 114 valence electrons. The number of hydrogen-bond acceptors (Lipinski definition) is 3. The summed E-state index contributed by atoms with van der Waals surface area (Å²) >= 11 is 0. The van der Waals surface area contributed by atoms with E-state index in [2.05, 4.69) is 23.5 Å². The van der Waals surface area contributed by atoms with Gasteiger partial charge >= 0.3 is 0 Å². The van der Waals surface area contributed by atoms with Crippen molar-refractivity contribution in [3.63, 3.8) is 0 Å². The highest BCUT2D eigenvalue weighted by atomic mass is 16.5. The molecule has 0 fully saturated rings. The molecular weight excluding hydrogens is 262 g/mol. The summed E-state index contributed by atoms with van der Waals surface area (Å²) in [6.45, 7) is 3.95. The molecule has 21 heavy (non-hydrogen) atoms. The molecule has 1 aromatic heterocycles. The summed E-state index contributed by atoms with van der Waals surface area (Å²) in [6.07, 6.45) is 7.15. The maximum absolute atomic E-state index is 5.80. The van der Waals surface area contributed by atoms with Gasteiger partial charge in [0, 0.05) is 19.3 Å². The van der Waals surface area contributed by atoms with Crippen molar-refractivity contribution in [2.45, 2.75) is 32.2 Å². The van der Waals surface area contributed by atoms with Crippen LogP contribution in [-0.4, -0.2) is 29.0 Å². The second-order valence-corrected chi connectivity index (χ2v) is 5.33. The van der Waals surface area contributed by atoms with Gasteiger partial charge in [-0.15, -0.1) is 0 Å². The van der Waals surface area contributed by atoms with Gasteiger partial charge in [-0.2, -0.15) is 5.10 Å². The Kier molecular flexibility index (Phi) is 6.28. The van der Waals surface area contributed by atoms with Gasteiger partial charge in [0.05, 0.1) is 12.8 Å². The van der Waals surface area contributed by atoms with Crippen molar-refractivity contribution in [3.8, 4) is 5.75 Å². The van der Waals surface area contributed by atoms with E-state index < -0.39 is 0 Å². The third-order valence-electron chi connectivity index (χ3n) is 3.40. The number of aryl methyl sites for hydroxylation is 1. The van der Waals surface area contributed by atoms with Crippen LogP contribution < -0.4 is 10.1 Å². The van der Waals surface area contributed by atoms with Crippen LogP contribution in [0.25, 0.3) is 0 Å². The van der Waals surface area contributed by atoms with Crippen LogP contribution >= 0.6 is 0 Å². The van der Waals surface area contributed by atoms with E-state index in [0.29, 0.717) is 6.04 Å². The van der Waals surface area contributed by atoms with Gasteiger partial charge in [0.1, 0.15) is 5.75 Å². The van der Waals surface area contributed by atoms with Crippen LogP contribution in [0.3, 0.4) is 0 Å². The third-order valence-corrected chi connectivity index (χ3v) is 3.40. The van der Waals surface area contributed by atoms with Crippen molar-refractivity contribution in [1.82, 2.24) is 15.1 Å². The Hall–Kier alpha value is -1.81. The van der Waals surface area contributed by atoms with E-state index in [4.69, 9.17) is 4.74 Å². The standard InChI is InChI=1S/C17H25N3O/c1-3-10-18-16(12-15-13-19-20(2)14-15)9-11-21-17-7-5-4-6-8-17/h4-8,13-14,16,18H,3,9-12H2,1-2H3. The molecule has 1 unspecified atom stereocenters. The molecule has 4 nitrogen and oxygen atoms in total. The molecule has 2 rings (SSSR count). The lowest BCUT2D eigenvalue weighted by molar-refractivity contribution is 0.284. The molecule has 0 radical (unpaired) electrons. The van der Waals surface area contributed by atoms with Crippen molar-refractivity contribution in [3.05, 3.63) is 48.3 Å². The summed E-state index contributed by atoms with van der Waals surface area (Å²) in [6, 6.07) is 10.4. The van der Waals surface area contributed by atoms with Gasteiger partial charge in [0.2, 0.25) is 0 Å². The Morgan fingerprint density at radius 3 is 2.76 bits per heavy atom. The molecular formula is C17H25N3O. The zero-order valence-corrected chi connectivity index (χ0v) is 13.0. The number of ether oxygens (including phenoxy) is 1. The number of aromatic nitrogens is 2. The summed E-state index contributed by atoms with van der Waals surface area (Å²) in [7, 11) is 1.95. The molecule has 0 bridgehead atoms. The Bertz CT molecular complexity index is 510. The summed E-state index contributed by atoms with van der Waals surface area (Å²) in [5.74, 6) is 0.938. The fourth-order valence-electron chi connectivity index (χ4n) is 2.32. The van der Waals surface area contributed by atoms with Crippen LogP contribution in [0.1, 0.15) is 25.3 Å². The molecule has 0 saturated carbocycles. The molecule has 4 heteroatoms.